The van der Waals surface area contributed by atoms with Gasteiger partial charge in [0.1, 0.15) is 0 Å². The van der Waals surface area contributed by atoms with E-state index >= 15 is 0 Å². The largest absolute Gasteiger partial charge is 0.393 e. The molecule has 102 valence electrons. The van der Waals surface area contributed by atoms with Crippen molar-refractivity contribution >= 4 is 21.6 Å². The van der Waals surface area contributed by atoms with Gasteiger partial charge in [-0.3, -0.25) is 0 Å². The highest BCUT2D eigenvalue weighted by Gasteiger charge is 2.41. The Morgan fingerprint density at radius 3 is 2.68 bits per heavy atom. The van der Waals surface area contributed by atoms with E-state index in [4.69, 9.17) is 5.26 Å². The minimum absolute atomic E-state index is 0.0369. The number of piperidine rings is 1. The van der Waals surface area contributed by atoms with Gasteiger partial charge < -0.3 is 4.90 Å². The first-order chi connectivity index (χ1) is 8.90. The lowest BCUT2D eigenvalue weighted by atomic mass is 9.97. The molecule has 0 amide bonds. The van der Waals surface area contributed by atoms with Crippen molar-refractivity contribution in [1.29, 1.82) is 5.26 Å². The molecule has 1 saturated heterocycles. The molecule has 1 aromatic carbocycles. The minimum atomic E-state index is -4.15. The Hall–Kier alpha value is -1.22. The van der Waals surface area contributed by atoms with Crippen LogP contribution in [0.1, 0.15) is 18.4 Å². The second-order valence-corrected chi connectivity index (χ2v) is 5.55. The Labute approximate surface area is 117 Å². The number of hydrogen-bond donors (Lipinski definition) is 0. The molecule has 0 aliphatic carbocycles. The molecule has 19 heavy (non-hydrogen) atoms. The summed E-state index contributed by atoms with van der Waals surface area (Å²) in [5.74, 6) is -1.29. The zero-order valence-electron chi connectivity index (χ0n) is 10.0. The van der Waals surface area contributed by atoms with E-state index in [1.165, 1.54) is 0 Å². The molecule has 1 fully saturated rings. The third-order valence-electron chi connectivity index (χ3n) is 3.26. The second-order valence-electron chi connectivity index (χ2n) is 4.64. The predicted molar refractivity (Wildman–Crippen MR) is 69.8 cm³/mol. The predicted octanol–water partition coefficient (Wildman–Crippen LogP) is 4.10. The molecule has 0 radical (unpaired) electrons. The number of hydrogen-bond acceptors (Lipinski definition) is 2. The Kier molecular flexibility index (Phi) is 4.04. The topological polar surface area (TPSA) is 27.0 Å². The SMILES string of the molecule is N#Cc1cc(Br)cc(N2CCCC(C(F)(F)F)C2)c1. The first kappa shape index (κ1) is 14.2. The lowest BCUT2D eigenvalue weighted by molar-refractivity contribution is -0.175. The molecule has 0 saturated carbocycles. The maximum absolute atomic E-state index is 12.8. The molecule has 1 aromatic rings. The van der Waals surface area contributed by atoms with Gasteiger partial charge >= 0.3 is 6.18 Å². The Morgan fingerprint density at radius 2 is 2.05 bits per heavy atom. The van der Waals surface area contributed by atoms with E-state index in [-0.39, 0.29) is 13.0 Å². The number of nitriles is 1. The molecule has 0 aromatic heterocycles. The summed E-state index contributed by atoms with van der Waals surface area (Å²) < 4.78 is 39.0. The maximum Gasteiger partial charge on any atom is 0.393 e. The van der Waals surface area contributed by atoms with Crippen LogP contribution in [0.3, 0.4) is 0 Å². The molecule has 1 heterocycles. The molecule has 2 nitrogen and oxygen atoms in total. The van der Waals surface area contributed by atoms with Crippen LogP contribution < -0.4 is 4.90 Å². The van der Waals surface area contributed by atoms with Crippen molar-refractivity contribution in [3.05, 3.63) is 28.2 Å². The number of rotatable bonds is 1. The van der Waals surface area contributed by atoms with E-state index in [0.29, 0.717) is 28.7 Å². The molecule has 1 aliphatic rings. The minimum Gasteiger partial charge on any atom is -0.371 e. The summed E-state index contributed by atoms with van der Waals surface area (Å²) in [6.45, 7) is 0.554. The quantitative estimate of drug-likeness (QED) is 0.774. The third-order valence-corrected chi connectivity index (χ3v) is 3.72. The van der Waals surface area contributed by atoms with Crippen LogP contribution in [-0.4, -0.2) is 19.3 Å². The number of halogens is 4. The van der Waals surface area contributed by atoms with Gasteiger partial charge in [0.25, 0.3) is 0 Å². The van der Waals surface area contributed by atoms with Gasteiger partial charge in [0.2, 0.25) is 0 Å². The maximum atomic E-state index is 12.8. The fourth-order valence-corrected chi connectivity index (χ4v) is 2.78. The van der Waals surface area contributed by atoms with Gasteiger partial charge in [0, 0.05) is 23.2 Å². The van der Waals surface area contributed by atoms with Crippen LogP contribution in [-0.2, 0) is 0 Å². The van der Waals surface area contributed by atoms with Crippen molar-refractivity contribution in [2.75, 3.05) is 18.0 Å². The van der Waals surface area contributed by atoms with Crippen molar-refractivity contribution in [2.24, 2.45) is 5.92 Å². The number of alkyl halides is 3. The molecule has 1 aliphatic heterocycles. The van der Waals surface area contributed by atoms with E-state index in [9.17, 15) is 13.2 Å². The summed E-state index contributed by atoms with van der Waals surface area (Å²) in [6, 6.07) is 7.04. The fourth-order valence-electron chi connectivity index (χ4n) is 2.30. The molecular weight excluding hydrogens is 321 g/mol. The summed E-state index contributed by atoms with van der Waals surface area (Å²) in [6.07, 6.45) is -3.46. The molecule has 0 spiro atoms. The molecule has 0 N–H and O–H groups in total. The van der Waals surface area contributed by atoms with Gasteiger partial charge in [0.15, 0.2) is 0 Å². The van der Waals surface area contributed by atoms with E-state index in [2.05, 4.69) is 15.9 Å². The van der Waals surface area contributed by atoms with E-state index in [0.717, 1.165) is 0 Å². The van der Waals surface area contributed by atoms with Crippen molar-refractivity contribution in [2.45, 2.75) is 19.0 Å². The first-order valence-corrected chi connectivity index (χ1v) is 6.72. The zero-order valence-corrected chi connectivity index (χ0v) is 11.6. The van der Waals surface area contributed by atoms with E-state index < -0.39 is 12.1 Å². The molecule has 1 atom stereocenters. The molecule has 2 rings (SSSR count). The summed E-state index contributed by atoms with van der Waals surface area (Å²) >= 11 is 3.28. The van der Waals surface area contributed by atoms with Crippen molar-refractivity contribution < 1.29 is 13.2 Å². The van der Waals surface area contributed by atoms with Gasteiger partial charge in [-0.15, -0.1) is 0 Å². The lowest BCUT2D eigenvalue weighted by Gasteiger charge is -2.35. The summed E-state index contributed by atoms with van der Waals surface area (Å²) in [5.41, 5.74) is 1.11. The van der Waals surface area contributed by atoms with E-state index in [1.54, 1.807) is 23.1 Å². The number of anilines is 1. The molecule has 0 bridgehead atoms. The zero-order chi connectivity index (χ0) is 14.0. The highest BCUT2D eigenvalue weighted by Crippen LogP contribution is 2.35. The van der Waals surface area contributed by atoms with Crippen molar-refractivity contribution in [3.63, 3.8) is 0 Å². The molecular formula is C13H12BrF3N2. The highest BCUT2D eigenvalue weighted by atomic mass is 79.9. The Bertz CT molecular complexity index is 508. The standard InChI is InChI=1S/C13H12BrF3N2/c14-11-4-9(7-18)5-12(6-11)19-3-1-2-10(8-19)13(15,16)17/h4-6,10H,1-3,8H2. The van der Waals surface area contributed by atoms with Gasteiger partial charge in [-0.2, -0.15) is 18.4 Å². The molecule has 1 unspecified atom stereocenters. The van der Waals surface area contributed by atoms with Gasteiger partial charge in [-0.05, 0) is 31.0 Å². The van der Waals surface area contributed by atoms with Crippen LogP contribution >= 0.6 is 15.9 Å². The first-order valence-electron chi connectivity index (χ1n) is 5.92. The van der Waals surface area contributed by atoms with Gasteiger partial charge in [-0.25, -0.2) is 0 Å². The average molecular weight is 333 g/mol. The Balaban J connectivity index is 2.22. The normalized spacial score (nSPS) is 20.2. The van der Waals surface area contributed by atoms with E-state index in [1.807, 2.05) is 6.07 Å². The number of benzene rings is 1. The van der Waals surface area contributed by atoms with Crippen LogP contribution in [0.4, 0.5) is 18.9 Å². The third kappa shape index (κ3) is 3.41. The summed E-state index contributed by atoms with van der Waals surface area (Å²) in [5, 5.41) is 8.90. The van der Waals surface area contributed by atoms with Crippen LogP contribution in [0, 0.1) is 17.2 Å². The second kappa shape index (κ2) is 5.41. The monoisotopic (exact) mass is 332 g/mol. The van der Waals surface area contributed by atoms with Gasteiger partial charge in [-0.1, -0.05) is 15.9 Å². The van der Waals surface area contributed by atoms with Gasteiger partial charge in [0.05, 0.1) is 17.6 Å². The van der Waals surface area contributed by atoms with Crippen LogP contribution in [0.15, 0.2) is 22.7 Å². The lowest BCUT2D eigenvalue weighted by Crippen LogP contribution is -2.41. The van der Waals surface area contributed by atoms with Crippen LogP contribution in [0.2, 0.25) is 0 Å². The van der Waals surface area contributed by atoms with Crippen molar-refractivity contribution in [3.8, 4) is 6.07 Å². The van der Waals surface area contributed by atoms with Crippen LogP contribution in [0.25, 0.3) is 0 Å². The fraction of sp³-hybridized carbons (Fsp3) is 0.462. The van der Waals surface area contributed by atoms with Crippen molar-refractivity contribution in [1.82, 2.24) is 0 Å². The average Bonchev–Trinajstić information content (AvgIpc) is 2.37. The summed E-state index contributed by atoms with van der Waals surface area (Å²) in [4.78, 5) is 1.70. The Morgan fingerprint density at radius 1 is 1.32 bits per heavy atom. The number of nitrogens with zero attached hydrogens (tertiary/aromatic N) is 2. The highest BCUT2D eigenvalue weighted by molar-refractivity contribution is 9.10. The van der Waals surface area contributed by atoms with Crippen LogP contribution in [0.5, 0.6) is 0 Å². The summed E-state index contributed by atoms with van der Waals surface area (Å²) in [7, 11) is 0. The smallest absolute Gasteiger partial charge is 0.371 e. The molecule has 6 heteroatoms.